The molecule has 0 spiro atoms. The van der Waals surface area contributed by atoms with Gasteiger partial charge in [0.05, 0.1) is 24.5 Å². The van der Waals surface area contributed by atoms with Gasteiger partial charge in [0.1, 0.15) is 0 Å². The van der Waals surface area contributed by atoms with Crippen molar-refractivity contribution in [2.45, 2.75) is 12.5 Å². The van der Waals surface area contributed by atoms with Crippen LogP contribution in [0.3, 0.4) is 0 Å². The fourth-order valence-corrected chi connectivity index (χ4v) is 1.93. The Morgan fingerprint density at radius 3 is 3.00 bits per heavy atom. The van der Waals surface area contributed by atoms with Crippen LogP contribution in [0, 0.1) is 0 Å². The summed E-state index contributed by atoms with van der Waals surface area (Å²) in [5.41, 5.74) is 0.468. The van der Waals surface area contributed by atoms with E-state index in [9.17, 15) is 4.79 Å². The number of rotatable bonds is 6. The molecule has 1 amide bonds. The van der Waals surface area contributed by atoms with E-state index in [0.29, 0.717) is 29.1 Å². The average Bonchev–Trinajstić information content (AvgIpc) is 2.65. The molecule has 1 atom stereocenters. The van der Waals surface area contributed by atoms with Gasteiger partial charge in [-0.1, -0.05) is 0 Å². The van der Waals surface area contributed by atoms with Gasteiger partial charge >= 0.3 is 0 Å². The van der Waals surface area contributed by atoms with Crippen LogP contribution in [-0.4, -0.2) is 31.5 Å². The number of furan rings is 1. The van der Waals surface area contributed by atoms with Crippen molar-refractivity contribution in [3.8, 4) is 0 Å². The molecule has 0 saturated carbocycles. The first-order valence-electron chi connectivity index (χ1n) is 4.77. The second-order valence-electron chi connectivity index (χ2n) is 3.21. The number of alkyl halides is 1. The van der Waals surface area contributed by atoms with Crippen LogP contribution in [0.25, 0.3) is 0 Å². The van der Waals surface area contributed by atoms with E-state index in [4.69, 9.17) is 20.8 Å². The van der Waals surface area contributed by atoms with E-state index in [1.54, 1.807) is 13.2 Å². The van der Waals surface area contributed by atoms with E-state index in [1.807, 2.05) is 0 Å². The van der Waals surface area contributed by atoms with Gasteiger partial charge in [-0.3, -0.25) is 4.79 Å². The maximum absolute atomic E-state index is 11.8. The minimum absolute atomic E-state index is 0.0863. The average molecular weight is 311 g/mol. The lowest BCUT2D eigenvalue weighted by molar-refractivity contribution is 0.0893. The molecule has 1 aromatic rings. The van der Waals surface area contributed by atoms with Gasteiger partial charge in [0.25, 0.3) is 5.91 Å². The molecule has 0 saturated heterocycles. The van der Waals surface area contributed by atoms with Crippen LogP contribution in [0.1, 0.15) is 16.8 Å². The van der Waals surface area contributed by atoms with Crippen LogP contribution in [-0.2, 0) is 4.74 Å². The molecular formula is C10H13BrClNO3. The smallest absolute Gasteiger partial charge is 0.256 e. The first-order valence-corrected chi connectivity index (χ1v) is 6.10. The van der Waals surface area contributed by atoms with Crippen molar-refractivity contribution < 1.29 is 13.9 Å². The number of halogens is 2. The standard InChI is InChI=1S/C10H13BrClNO3/c1-15-6-7(2-4-12)13-10(14)8-3-5-16-9(8)11/h3,5,7H,2,4,6H2,1H3,(H,13,14). The van der Waals surface area contributed by atoms with E-state index < -0.39 is 0 Å². The molecule has 0 bridgehead atoms. The molecule has 1 aromatic heterocycles. The van der Waals surface area contributed by atoms with E-state index in [2.05, 4.69) is 21.2 Å². The van der Waals surface area contributed by atoms with Gasteiger partial charge in [-0.25, -0.2) is 0 Å². The van der Waals surface area contributed by atoms with Crippen molar-refractivity contribution in [1.29, 1.82) is 0 Å². The van der Waals surface area contributed by atoms with Crippen LogP contribution in [0.2, 0.25) is 0 Å². The summed E-state index contributed by atoms with van der Waals surface area (Å²) < 4.78 is 10.4. The second-order valence-corrected chi connectivity index (χ2v) is 4.31. The Kier molecular flexibility index (Phi) is 5.87. The Balaban J connectivity index is 2.58. The summed E-state index contributed by atoms with van der Waals surface area (Å²) >= 11 is 8.79. The molecule has 0 aliphatic heterocycles. The second kappa shape index (κ2) is 6.93. The summed E-state index contributed by atoms with van der Waals surface area (Å²) in [5.74, 6) is 0.272. The van der Waals surface area contributed by atoms with E-state index in [-0.39, 0.29) is 11.9 Å². The molecular weight excluding hydrogens is 297 g/mol. The van der Waals surface area contributed by atoms with Crippen molar-refractivity contribution in [3.63, 3.8) is 0 Å². The van der Waals surface area contributed by atoms with Gasteiger partial charge in [-0.2, -0.15) is 0 Å². The highest BCUT2D eigenvalue weighted by molar-refractivity contribution is 9.10. The van der Waals surface area contributed by atoms with Gasteiger partial charge in [0.15, 0.2) is 4.67 Å². The van der Waals surface area contributed by atoms with Crippen LogP contribution in [0.15, 0.2) is 21.4 Å². The third-order valence-electron chi connectivity index (χ3n) is 2.02. The molecule has 1 unspecified atom stereocenters. The molecule has 90 valence electrons. The summed E-state index contributed by atoms with van der Waals surface area (Å²) in [6, 6.07) is 1.51. The van der Waals surface area contributed by atoms with Crippen LogP contribution < -0.4 is 5.32 Å². The summed E-state index contributed by atoms with van der Waals surface area (Å²) in [6.07, 6.45) is 2.11. The van der Waals surface area contributed by atoms with Gasteiger partial charge in [-0.15, -0.1) is 11.6 Å². The Morgan fingerprint density at radius 1 is 1.75 bits per heavy atom. The zero-order valence-corrected chi connectivity index (χ0v) is 11.2. The fourth-order valence-electron chi connectivity index (χ4n) is 1.25. The topological polar surface area (TPSA) is 51.5 Å². The maximum Gasteiger partial charge on any atom is 0.256 e. The molecule has 1 N–H and O–H groups in total. The number of amides is 1. The summed E-state index contributed by atoms with van der Waals surface area (Å²) in [6.45, 7) is 0.438. The Labute approximate surface area is 107 Å². The fraction of sp³-hybridized carbons (Fsp3) is 0.500. The highest BCUT2D eigenvalue weighted by atomic mass is 79.9. The molecule has 0 aromatic carbocycles. The van der Waals surface area contributed by atoms with Crippen molar-refractivity contribution in [2.75, 3.05) is 19.6 Å². The SMILES string of the molecule is COCC(CCCl)NC(=O)c1ccoc1Br. The highest BCUT2D eigenvalue weighted by Crippen LogP contribution is 2.17. The minimum atomic E-state index is -0.201. The minimum Gasteiger partial charge on any atom is -0.457 e. The Hall–Kier alpha value is -0.520. The van der Waals surface area contributed by atoms with Crippen molar-refractivity contribution in [3.05, 3.63) is 22.6 Å². The monoisotopic (exact) mass is 309 g/mol. The Bertz CT molecular complexity index is 337. The maximum atomic E-state index is 11.8. The summed E-state index contributed by atoms with van der Waals surface area (Å²) in [4.78, 5) is 11.8. The van der Waals surface area contributed by atoms with Gasteiger partial charge in [-0.05, 0) is 28.4 Å². The molecule has 6 heteroatoms. The number of carbonyl (C=O) groups is 1. The van der Waals surface area contributed by atoms with Gasteiger partial charge < -0.3 is 14.5 Å². The lowest BCUT2D eigenvalue weighted by atomic mass is 10.2. The number of nitrogens with one attached hydrogen (secondary N) is 1. The van der Waals surface area contributed by atoms with Crippen LogP contribution >= 0.6 is 27.5 Å². The number of ether oxygens (including phenoxy) is 1. The predicted octanol–water partition coefficient (Wildman–Crippen LogP) is 2.42. The lowest BCUT2D eigenvalue weighted by Gasteiger charge is -2.16. The highest BCUT2D eigenvalue weighted by Gasteiger charge is 2.16. The molecule has 0 radical (unpaired) electrons. The van der Waals surface area contributed by atoms with Crippen molar-refractivity contribution in [2.24, 2.45) is 0 Å². The van der Waals surface area contributed by atoms with Crippen LogP contribution in [0.4, 0.5) is 0 Å². The molecule has 0 aliphatic rings. The predicted molar refractivity (Wildman–Crippen MR) is 64.9 cm³/mol. The van der Waals surface area contributed by atoms with Gasteiger partial charge in [0.2, 0.25) is 0 Å². The van der Waals surface area contributed by atoms with E-state index in [1.165, 1.54) is 6.26 Å². The normalized spacial score (nSPS) is 12.4. The summed E-state index contributed by atoms with van der Waals surface area (Å²) in [7, 11) is 1.58. The van der Waals surface area contributed by atoms with Gasteiger partial charge in [0, 0.05) is 13.0 Å². The quantitative estimate of drug-likeness (QED) is 0.821. The van der Waals surface area contributed by atoms with E-state index >= 15 is 0 Å². The first-order chi connectivity index (χ1) is 7.69. The number of methoxy groups -OCH3 is 1. The Morgan fingerprint density at radius 2 is 2.50 bits per heavy atom. The van der Waals surface area contributed by atoms with Crippen LogP contribution in [0.5, 0.6) is 0 Å². The molecule has 0 fully saturated rings. The number of carbonyl (C=O) groups excluding carboxylic acids is 1. The zero-order chi connectivity index (χ0) is 12.0. The lowest BCUT2D eigenvalue weighted by Crippen LogP contribution is -2.38. The van der Waals surface area contributed by atoms with E-state index in [0.717, 1.165) is 0 Å². The summed E-state index contributed by atoms with van der Waals surface area (Å²) in [5, 5.41) is 2.82. The number of hydrogen-bond acceptors (Lipinski definition) is 3. The largest absolute Gasteiger partial charge is 0.457 e. The molecule has 16 heavy (non-hydrogen) atoms. The molecule has 1 rings (SSSR count). The first kappa shape index (κ1) is 13.5. The third-order valence-corrected chi connectivity index (χ3v) is 2.86. The third kappa shape index (κ3) is 3.81. The van der Waals surface area contributed by atoms with Crippen molar-refractivity contribution in [1.82, 2.24) is 5.32 Å². The molecule has 1 heterocycles. The molecule has 0 aliphatic carbocycles. The zero-order valence-electron chi connectivity index (χ0n) is 8.83. The van der Waals surface area contributed by atoms with Crippen molar-refractivity contribution >= 4 is 33.4 Å². The molecule has 4 nitrogen and oxygen atoms in total. The number of hydrogen-bond donors (Lipinski definition) is 1.